The van der Waals surface area contributed by atoms with E-state index in [1.165, 1.54) is 0 Å². The van der Waals surface area contributed by atoms with Crippen molar-refractivity contribution in [1.82, 2.24) is 0 Å². The van der Waals surface area contributed by atoms with Crippen LogP contribution in [-0.4, -0.2) is 6.54 Å². The summed E-state index contributed by atoms with van der Waals surface area (Å²) in [6.45, 7) is 2.50. The Morgan fingerprint density at radius 3 is 2.92 bits per heavy atom. The van der Waals surface area contributed by atoms with E-state index in [1.54, 1.807) is 0 Å². The van der Waals surface area contributed by atoms with Crippen LogP contribution in [0.25, 0.3) is 0 Å². The van der Waals surface area contributed by atoms with Crippen LogP contribution in [0.4, 0.5) is 5.69 Å². The standard InChI is InChI=1S/C10H9ClIN/c1-2-3-6-13-10-5-4-8(11)7-9(10)12/h4-5,7,13H,6H2,1H3. The van der Waals surface area contributed by atoms with Gasteiger partial charge in [-0.15, -0.1) is 5.92 Å². The molecular weight excluding hydrogens is 296 g/mol. The zero-order chi connectivity index (χ0) is 9.68. The molecule has 0 aliphatic rings. The predicted octanol–water partition coefficient (Wildman–Crippen LogP) is 3.38. The summed E-state index contributed by atoms with van der Waals surface area (Å²) in [6, 6.07) is 5.75. The van der Waals surface area contributed by atoms with Gasteiger partial charge < -0.3 is 5.32 Å². The molecule has 68 valence electrons. The number of benzene rings is 1. The third-order valence-corrected chi connectivity index (χ3v) is 2.60. The molecule has 1 nitrogen and oxygen atoms in total. The molecule has 0 unspecified atom stereocenters. The molecule has 3 heteroatoms. The van der Waals surface area contributed by atoms with E-state index >= 15 is 0 Å². The first-order valence-electron chi connectivity index (χ1n) is 3.82. The van der Waals surface area contributed by atoms with Crippen molar-refractivity contribution < 1.29 is 0 Å². The summed E-state index contributed by atoms with van der Waals surface area (Å²) in [7, 11) is 0. The second-order valence-corrected chi connectivity index (χ2v) is 4.00. The molecule has 0 saturated carbocycles. The van der Waals surface area contributed by atoms with Gasteiger partial charge in [-0.3, -0.25) is 0 Å². The first-order chi connectivity index (χ1) is 6.24. The number of anilines is 1. The van der Waals surface area contributed by atoms with Crippen molar-refractivity contribution in [1.29, 1.82) is 0 Å². The summed E-state index contributed by atoms with van der Waals surface area (Å²) >= 11 is 8.06. The van der Waals surface area contributed by atoms with Crippen molar-refractivity contribution in [3.05, 3.63) is 26.8 Å². The molecule has 0 heterocycles. The fraction of sp³-hybridized carbons (Fsp3) is 0.200. The maximum absolute atomic E-state index is 5.82. The van der Waals surface area contributed by atoms with Crippen LogP contribution in [0.15, 0.2) is 18.2 Å². The largest absolute Gasteiger partial charge is 0.373 e. The van der Waals surface area contributed by atoms with Crippen molar-refractivity contribution in [3.63, 3.8) is 0 Å². The van der Waals surface area contributed by atoms with Crippen LogP contribution in [0.2, 0.25) is 5.02 Å². The van der Waals surface area contributed by atoms with Gasteiger partial charge in [-0.25, -0.2) is 0 Å². The minimum atomic E-state index is 0.675. The van der Waals surface area contributed by atoms with Crippen LogP contribution in [0.3, 0.4) is 0 Å². The molecule has 0 fully saturated rings. The first-order valence-corrected chi connectivity index (χ1v) is 5.28. The van der Waals surface area contributed by atoms with E-state index in [0.717, 1.165) is 14.3 Å². The lowest BCUT2D eigenvalue weighted by Gasteiger charge is -2.04. The Morgan fingerprint density at radius 1 is 1.54 bits per heavy atom. The van der Waals surface area contributed by atoms with Crippen LogP contribution in [0, 0.1) is 15.4 Å². The Hall–Kier alpha value is -0.400. The Bertz CT molecular complexity index is 352. The van der Waals surface area contributed by atoms with E-state index in [2.05, 4.69) is 39.7 Å². The molecule has 0 saturated heterocycles. The zero-order valence-electron chi connectivity index (χ0n) is 7.20. The fourth-order valence-corrected chi connectivity index (χ4v) is 1.92. The SMILES string of the molecule is CC#CCNc1ccc(Cl)cc1I. The van der Waals surface area contributed by atoms with Gasteiger partial charge in [-0.2, -0.15) is 0 Å². The maximum Gasteiger partial charge on any atom is 0.0766 e. The minimum absolute atomic E-state index is 0.675. The fourth-order valence-electron chi connectivity index (χ4n) is 0.861. The topological polar surface area (TPSA) is 12.0 Å². The Kier molecular flexibility index (Phi) is 4.40. The molecule has 0 aliphatic heterocycles. The molecule has 1 rings (SSSR count). The summed E-state index contributed by atoms with van der Waals surface area (Å²) in [5.74, 6) is 5.77. The van der Waals surface area contributed by atoms with Crippen molar-refractivity contribution in [2.24, 2.45) is 0 Å². The van der Waals surface area contributed by atoms with Crippen molar-refractivity contribution in [2.75, 3.05) is 11.9 Å². The Labute approximate surface area is 97.0 Å². The molecule has 1 aromatic carbocycles. The highest BCUT2D eigenvalue weighted by Gasteiger charge is 1.97. The van der Waals surface area contributed by atoms with Crippen LogP contribution in [-0.2, 0) is 0 Å². The van der Waals surface area contributed by atoms with Gasteiger partial charge in [0.2, 0.25) is 0 Å². The molecule has 0 amide bonds. The molecule has 0 aliphatic carbocycles. The highest BCUT2D eigenvalue weighted by atomic mass is 127. The second kappa shape index (κ2) is 5.36. The highest BCUT2D eigenvalue weighted by molar-refractivity contribution is 14.1. The number of halogens is 2. The number of hydrogen-bond acceptors (Lipinski definition) is 1. The van der Waals surface area contributed by atoms with Crippen molar-refractivity contribution in [3.8, 4) is 11.8 Å². The lowest BCUT2D eigenvalue weighted by Crippen LogP contribution is -1.99. The molecule has 1 N–H and O–H groups in total. The summed E-state index contributed by atoms with van der Waals surface area (Å²) in [5, 5.41) is 3.96. The number of rotatable bonds is 2. The Balaban J connectivity index is 2.70. The summed E-state index contributed by atoms with van der Waals surface area (Å²) in [5.41, 5.74) is 1.08. The average molecular weight is 306 g/mol. The lowest BCUT2D eigenvalue weighted by atomic mass is 10.3. The van der Waals surface area contributed by atoms with E-state index in [4.69, 9.17) is 11.6 Å². The normalized spacial score (nSPS) is 8.85. The number of hydrogen-bond donors (Lipinski definition) is 1. The second-order valence-electron chi connectivity index (χ2n) is 2.40. The average Bonchev–Trinajstić information content (AvgIpc) is 2.09. The van der Waals surface area contributed by atoms with Crippen LogP contribution in [0.1, 0.15) is 6.92 Å². The first kappa shape index (κ1) is 10.7. The van der Waals surface area contributed by atoms with E-state index in [9.17, 15) is 0 Å². The van der Waals surface area contributed by atoms with Gasteiger partial charge in [-0.05, 0) is 47.7 Å². The summed E-state index contributed by atoms with van der Waals surface area (Å²) in [4.78, 5) is 0. The van der Waals surface area contributed by atoms with E-state index in [-0.39, 0.29) is 0 Å². The van der Waals surface area contributed by atoms with Crippen LogP contribution in [0.5, 0.6) is 0 Å². The van der Waals surface area contributed by atoms with Crippen LogP contribution < -0.4 is 5.32 Å². The zero-order valence-corrected chi connectivity index (χ0v) is 10.1. The van der Waals surface area contributed by atoms with Gasteiger partial charge in [0.1, 0.15) is 0 Å². The third-order valence-electron chi connectivity index (χ3n) is 1.48. The smallest absolute Gasteiger partial charge is 0.0766 e. The molecule has 0 spiro atoms. The molecule has 0 bridgehead atoms. The molecular formula is C10H9ClIN. The summed E-state index contributed by atoms with van der Waals surface area (Å²) in [6.07, 6.45) is 0. The number of nitrogens with one attached hydrogen (secondary N) is 1. The molecule has 13 heavy (non-hydrogen) atoms. The monoisotopic (exact) mass is 305 g/mol. The van der Waals surface area contributed by atoms with Crippen LogP contribution >= 0.6 is 34.2 Å². The van der Waals surface area contributed by atoms with Gasteiger partial charge in [0.05, 0.1) is 6.54 Å². The van der Waals surface area contributed by atoms with Gasteiger partial charge in [0.25, 0.3) is 0 Å². The lowest BCUT2D eigenvalue weighted by molar-refractivity contribution is 1.36. The third kappa shape index (κ3) is 3.45. The van der Waals surface area contributed by atoms with Gasteiger partial charge in [0, 0.05) is 14.3 Å². The van der Waals surface area contributed by atoms with E-state index in [0.29, 0.717) is 6.54 Å². The van der Waals surface area contributed by atoms with E-state index in [1.807, 2.05) is 25.1 Å². The highest BCUT2D eigenvalue weighted by Crippen LogP contribution is 2.21. The molecule has 0 radical (unpaired) electrons. The summed E-state index contributed by atoms with van der Waals surface area (Å²) < 4.78 is 1.11. The van der Waals surface area contributed by atoms with Gasteiger partial charge in [0.15, 0.2) is 0 Å². The van der Waals surface area contributed by atoms with Crippen molar-refractivity contribution in [2.45, 2.75) is 6.92 Å². The molecule has 0 atom stereocenters. The Morgan fingerprint density at radius 2 is 2.31 bits per heavy atom. The maximum atomic E-state index is 5.82. The van der Waals surface area contributed by atoms with Gasteiger partial charge in [-0.1, -0.05) is 17.5 Å². The molecule has 0 aromatic heterocycles. The molecule has 1 aromatic rings. The quantitative estimate of drug-likeness (QED) is 0.652. The van der Waals surface area contributed by atoms with Crippen molar-refractivity contribution >= 4 is 39.9 Å². The van der Waals surface area contributed by atoms with Gasteiger partial charge >= 0.3 is 0 Å². The van der Waals surface area contributed by atoms with E-state index < -0.39 is 0 Å². The predicted molar refractivity (Wildman–Crippen MR) is 66.1 cm³/mol. The minimum Gasteiger partial charge on any atom is -0.373 e.